The predicted molar refractivity (Wildman–Crippen MR) is 44.9 cm³/mol. The number of azide groups is 1. The fourth-order valence-corrected chi connectivity index (χ4v) is 1.65. The van der Waals surface area contributed by atoms with Crippen molar-refractivity contribution in [2.24, 2.45) is 11.0 Å². The van der Waals surface area contributed by atoms with Crippen molar-refractivity contribution in [3.63, 3.8) is 0 Å². The highest BCUT2D eigenvalue weighted by molar-refractivity contribution is 4.95. The molecule has 0 aromatic rings. The summed E-state index contributed by atoms with van der Waals surface area (Å²) in [5, 5.41) is 32.1. The van der Waals surface area contributed by atoms with Crippen molar-refractivity contribution in [1.82, 2.24) is 0 Å². The Morgan fingerprint density at radius 2 is 2.21 bits per heavy atom. The van der Waals surface area contributed by atoms with Crippen LogP contribution in [0.1, 0.15) is 6.42 Å². The van der Waals surface area contributed by atoms with E-state index in [1.54, 1.807) is 0 Å². The van der Waals surface area contributed by atoms with Crippen LogP contribution in [0.25, 0.3) is 10.4 Å². The lowest BCUT2D eigenvalue weighted by Crippen LogP contribution is -2.31. The zero-order valence-electron chi connectivity index (χ0n) is 7.22. The summed E-state index contributed by atoms with van der Waals surface area (Å²) in [6.45, 7) is -0.421. The van der Waals surface area contributed by atoms with E-state index in [2.05, 4.69) is 10.0 Å². The Bertz CT molecular complexity index is 277. The Hall–Kier alpha value is -1.37. The summed E-state index contributed by atoms with van der Waals surface area (Å²) in [7, 11) is 0. The minimum atomic E-state index is -1.20. The molecule has 4 atom stereocenters. The van der Waals surface area contributed by atoms with Gasteiger partial charge in [-0.15, -0.1) is 0 Å². The molecule has 0 aromatic heterocycles. The third-order valence-corrected chi connectivity index (χ3v) is 2.35. The molecule has 8 nitrogen and oxygen atoms in total. The molecule has 0 heterocycles. The lowest BCUT2D eigenvalue weighted by atomic mass is 10.1. The third-order valence-electron chi connectivity index (χ3n) is 2.35. The standard InChI is InChI=1S/C6H10N4O4/c7-9-8-4-1-3(2-10(13)14)5(11)6(4)12/h3-6,11-12H,1-2H2/t3-,4-,5-,6+/m1/s1. The van der Waals surface area contributed by atoms with Crippen molar-refractivity contribution in [2.45, 2.75) is 24.7 Å². The molecule has 0 amide bonds. The lowest BCUT2D eigenvalue weighted by molar-refractivity contribution is -0.490. The molecule has 0 aliphatic heterocycles. The van der Waals surface area contributed by atoms with Crippen LogP contribution in [0, 0.1) is 16.0 Å². The average molecular weight is 202 g/mol. The summed E-state index contributed by atoms with van der Waals surface area (Å²) in [4.78, 5) is 12.1. The first-order valence-corrected chi connectivity index (χ1v) is 4.08. The number of nitrogens with zero attached hydrogens (tertiary/aromatic N) is 4. The molecule has 8 heteroatoms. The van der Waals surface area contributed by atoms with Gasteiger partial charge in [0.25, 0.3) is 0 Å². The van der Waals surface area contributed by atoms with Crippen LogP contribution in [0.3, 0.4) is 0 Å². The summed E-state index contributed by atoms with van der Waals surface area (Å²) < 4.78 is 0. The molecule has 1 saturated carbocycles. The van der Waals surface area contributed by atoms with E-state index in [1.165, 1.54) is 0 Å². The molecular weight excluding hydrogens is 192 g/mol. The van der Waals surface area contributed by atoms with E-state index in [4.69, 9.17) is 5.53 Å². The van der Waals surface area contributed by atoms with Crippen LogP contribution in [-0.2, 0) is 0 Å². The van der Waals surface area contributed by atoms with Crippen molar-refractivity contribution in [3.8, 4) is 0 Å². The zero-order valence-corrected chi connectivity index (χ0v) is 7.22. The van der Waals surface area contributed by atoms with Crippen LogP contribution >= 0.6 is 0 Å². The highest BCUT2D eigenvalue weighted by Gasteiger charge is 2.43. The first-order valence-electron chi connectivity index (χ1n) is 4.08. The summed E-state index contributed by atoms with van der Waals surface area (Å²) in [6.07, 6.45) is -2.24. The first kappa shape index (κ1) is 10.7. The molecule has 1 aliphatic carbocycles. The maximum atomic E-state index is 10.2. The third kappa shape index (κ3) is 2.11. The number of rotatable bonds is 3. The summed E-state index contributed by atoms with van der Waals surface area (Å²) in [6, 6.07) is -0.764. The largest absolute Gasteiger partial charge is 0.390 e. The molecule has 1 fully saturated rings. The van der Waals surface area contributed by atoms with E-state index in [9.17, 15) is 20.3 Å². The Balaban J connectivity index is 2.66. The van der Waals surface area contributed by atoms with Gasteiger partial charge in [-0.1, -0.05) is 5.11 Å². The van der Waals surface area contributed by atoms with Crippen LogP contribution in [0.2, 0.25) is 0 Å². The highest BCUT2D eigenvalue weighted by Crippen LogP contribution is 2.29. The van der Waals surface area contributed by atoms with Gasteiger partial charge in [0.15, 0.2) is 0 Å². The monoisotopic (exact) mass is 202 g/mol. The Kier molecular flexibility index (Phi) is 3.23. The Labute approximate surface area is 78.9 Å². The maximum Gasteiger partial charge on any atom is 0.209 e. The Morgan fingerprint density at radius 1 is 1.57 bits per heavy atom. The van der Waals surface area contributed by atoms with Crippen molar-refractivity contribution in [2.75, 3.05) is 6.54 Å². The van der Waals surface area contributed by atoms with Gasteiger partial charge in [-0.05, 0) is 12.0 Å². The van der Waals surface area contributed by atoms with Gasteiger partial charge in [0.1, 0.15) is 0 Å². The van der Waals surface area contributed by atoms with Gasteiger partial charge < -0.3 is 10.2 Å². The van der Waals surface area contributed by atoms with Gasteiger partial charge in [-0.3, -0.25) is 10.1 Å². The quantitative estimate of drug-likeness (QED) is 0.213. The Morgan fingerprint density at radius 3 is 2.71 bits per heavy atom. The van der Waals surface area contributed by atoms with Crippen molar-refractivity contribution in [1.29, 1.82) is 0 Å². The van der Waals surface area contributed by atoms with Crippen LogP contribution in [0.15, 0.2) is 5.11 Å². The van der Waals surface area contributed by atoms with Crippen LogP contribution in [-0.4, -0.2) is 39.9 Å². The molecule has 14 heavy (non-hydrogen) atoms. The molecule has 2 N–H and O–H groups in total. The van der Waals surface area contributed by atoms with Crippen molar-refractivity contribution < 1.29 is 15.1 Å². The van der Waals surface area contributed by atoms with E-state index in [0.29, 0.717) is 0 Å². The first-order chi connectivity index (χ1) is 6.56. The second-order valence-corrected chi connectivity index (χ2v) is 3.26. The maximum absolute atomic E-state index is 10.2. The molecule has 0 unspecified atom stereocenters. The smallest absolute Gasteiger partial charge is 0.209 e. The van der Waals surface area contributed by atoms with Crippen LogP contribution in [0.5, 0.6) is 0 Å². The number of aliphatic hydroxyl groups is 2. The summed E-state index contributed by atoms with van der Waals surface area (Å²) in [5.74, 6) is -0.643. The summed E-state index contributed by atoms with van der Waals surface area (Å²) >= 11 is 0. The molecular formula is C6H10N4O4. The number of hydrogen-bond donors (Lipinski definition) is 2. The van der Waals surface area contributed by atoms with Gasteiger partial charge in [0.2, 0.25) is 6.54 Å². The van der Waals surface area contributed by atoms with E-state index in [-0.39, 0.29) is 6.42 Å². The van der Waals surface area contributed by atoms with Gasteiger partial charge in [-0.25, -0.2) is 0 Å². The van der Waals surface area contributed by atoms with E-state index in [1.807, 2.05) is 0 Å². The van der Waals surface area contributed by atoms with E-state index < -0.39 is 35.6 Å². The lowest BCUT2D eigenvalue weighted by Gasteiger charge is -2.12. The summed E-state index contributed by atoms with van der Waals surface area (Å²) in [5.41, 5.74) is 8.13. The average Bonchev–Trinajstić information content (AvgIpc) is 2.34. The molecule has 0 spiro atoms. The number of nitro groups is 1. The van der Waals surface area contributed by atoms with Gasteiger partial charge in [0, 0.05) is 9.84 Å². The number of aliphatic hydroxyl groups excluding tert-OH is 2. The fraction of sp³-hybridized carbons (Fsp3) is 1.00. The normalized spacial score (nSPS) is 36.4. The molecule has 0 bridgehead atoms. The topological polar surface area (TPSA) is 132 Å². The highest BCUT2D eigenvalue weighted by atomic mass is 16.6. The van der Waals surface area contributed by atoms with E-state index >= 15 is 0 Å². The van der Waals surface area contributed by atoms with Crippen molar-refractivity contribution >= 4 is 0 Å². The van der Waals surface area contributed by atoms with Gasteiger partial charge in [0.05, 0.1) is 24.2 Å². The minimum Gasteiger partial charge on any atom is -0.390 e. The molecule has 78 valence electrons. The predicted octanol–water partition coefficient (Wildman–Crippen LogP) is -0.316. The minimum absolute atomic E-state index is 0.146. The van der Waals surface area contributed by atoms with Gasteiger partial charge >= 0.3 is 0 Å². The number of hydrogen-bond acceptors (Lipinski definition) is 5. The zero-order chi connectivity index (χ0) is 10.7. The molecule has 0 aromatic carbocycles. The molecule has 0 saturated heterocycles. The SMILES string of the molecule is [N-]=[N+]=N[C@@H]1C[C@H](C[N+](=O)[O-])[C@@H](O)[C@H]1O. The van der Waals surface area contributed by atoms with E-state index in [0.717, 1.165) is 0 Å². The van der Waals surface area contributed by atoms with Gasteiger partial charge in [-0.2, -0.15) is 0 Å². The van der Waals surface area contributed by atoms with Crippen molar-refractivity contribution in [3.05, 3.63) is 20.6 Å². The second-order valence-electron chi connectivity index (χ2n) is 3.26. The molecule has 0 radical (unpaired) electrons. The second kappa shape index (κ2) is 4.23. The van der Waals surface area contributed by atoms with Crippen LogP contribution < -0.4 is 0 Å². The van der Waals surface area contributed by atoms with Crippen LogP contribution in [0.4, 0.5) is 0 Å². The fourth-order valence-electron chi connectivity index (χ4n) is 1.65. The molecule has 1 rings (SSSR count). The molecule has 1 aliphatic rings.